The maximum absolute atomic E-state index is 13.4. The monoisotopic (exact) mass is 301 g/mol. The van der Waals surface area contributed by atoms with Crippen LogP contribution in [0.4, 0.5) is 4.39 Å². The summed E-state index contributed by atoms with van der Waals surface area (Å²) in [7, 11) is 0. The average Bonchev–Trinajstić information content (AvgIpc) is 2.99. The standard InChI is InChI=1S/C18H20FNO2/c1-12(13-5-6-15-10-22-11-16(15)7-13)20-18(9-21)14-3-2-4-17(19)8-14/h2-8,12,18,20-21H,9-11H2,1H3. The molecule has 0 saturated carbocycles. The van der Waals surface area contributed by atoms with E-state index in [1.807, 2.05) is 13.0 Å². The van der Waals surface area contributed by atoms with Gasteiger partial charge in [-0.05, 0) is 41.3 Å². The minimum atomic E-state index is -0.296. The van der Waals surface area contributed by atoms with Crippen LogP contribution in [0.2, 0.25) is 0 Å². The molecule has 2 unspecified atom stereocenters. The largest absolute Gasteiger partial charge is 0.394 e. The number of fused-ring (bicyclic) bond motifs is 1. The fourth-order valence-electron chi connectivity index (χ4n) is 2.84. The second-order valence-corrected chi connectivity index (χ2v) is 5.70. The van der Waals surface area contributed by atoms with Crippen LogP contribution in [0.5, 0.6) is 0 Å². The van der Waals surface area contributed by atoms with Crippen molar-refractivity contribution >= 4 is 0 Å². The van der Waals surface area contributed by atoms with Crippen molar-refractivity contribution in [3.05, 3.63) is 70.5 Å². The van der Waals surface area contributed by atoms with Gasteiger partial charge < -0.3 is 15.2 Å². The molecule has 0 bridgehead atoms. The van der Waals surface area contributed by atoms with Gasteiger partial charge in [0.15, 0.2) is 0 Å². The third-order valence-electron chi connectivity index (χ3n) is 4.13. The molecule has 2 N–H and O–H groups in total. The number of ether oxygens (including phenoxy) is 1. The highest BCUT2D eigenvalue weighted by Gasteiger charge is 2.17. The predicted molar refractivity (Wildman–Crippen MR) is 82.7 cm³/mol. The number of halogens is 1. The highest BCUT2D eigenvalue weighted by molar-refractivity contribution is 5.34. The number of rotatable bonds is 5. The van der Waals surface area contributed by atoms with E-state index in [2.05, 4.69) is 23.5 Å². The molecule has 1 aliphatic rings. The van der Waals surface area contributed by atoms with Crippen LogP contribution in [0.1, 0.15) is 41.3 Å². The van der Waals surface area contributed by atoms with Gasteiger partial charge in [0.25, 0.3) is 0 Å². The van der Waals surface area contributed by atoms with Gasteiger partial charge in [0.2, 0.25) is 0 Å². The van der Waals surface area contributed by atoms with Crippen molar-refractivity contribution in [1.82, 2.24) is 5.32 Å². The van der Waals surface area contributed by atoms with E-state index in [9.17, 15) is 9.50 Å². The Morgan fingerprint density at radius 1 is 1.14 bits per heavy atom. The Kier molecular flexibility index (Phi) is 4.52. The molecule has 116 valence electrons. The number of benzene rings is 2. The zero-order valence-electron chi connectivity index (χ0n) is 12.6. The summed E-state index contributed by atoms with van der Waals surface area (Å²) in [6, 6.07) is 12.4. The van der Waals surface area contributed by atoms with Crippen molar-refractivity contribution in [2.45, 2.75) is 32.2 Å². The maximum atomic E-state index is 13.4. The fourth-order valence-corrected chi connectivity index (χ4v) is 2.84. The lowest BCUT2D eigenvalue weighted by Crippen LogP contribution is -2.27. The molecule has 0 aromatic heterocycles. The molecule has 3 rings (SSSR count). The number of hydrogen-bond donors (Lipinski definition) is 2. The van der Waals surface area contributed by atoms with Crippen molar-refractivity contribution in [2.24, 2.45) is 0 Å². The van der Waals surface area contributed by atoms with E-state index in [1.165, 1.54) is 23.3 Å². The molecule has 0 saturated heterocycles. The molecular formula is C18H20FNO2. The summed E-state index contributed by atoms with van der Waals surface area (Å²) in [6.45, 7) is 3.30. The Morgan fingerprint density at radius 3 is 2.73 bits per heavy atom. The molecule has 3 nitrogen and oxygen atoms in total. The van der Waals surface area contributed by atoms with Crippen LogP contribution in [0, 0.1) is 5.82 Å². The topological polar surface area (TPSA) is 41.5 Å². The molecule has 0 amide bonds. The Morgan fingerprint density at radius 2 is 1.95 bits per heavy atom. The van der Waals surface area contributed by atoms with Crippen LogP contribution >= 0.6 is 0 Å². The first-order valence-corrected chi connectivity index (χ1v) is 7.49. The highest BCUT2D eigenvalue weighted by atomic mass is 19.1. The Balaban J connectivity index is 1.76. The van der Waals surface area contributed by atoms with E-state index in [1.54, 1.807) is 6.07 Å². The van der Waals surface area contributed by atoms with E-state index in [-0.39, 0.29) is 24.5 Å². The summed E-state index contributed by atoms with van der Waals surface area (Å²) in [4.78, 5) is 0. The Hall–Kier alpha value is -1.75. The van der Waals surface area contributed by atoms with E-state index in [4.69, 9.17) is 4.74 Å². The van der Waals surface area contributed by atoms with E-state index < -0.39 is 0 Å². The first kappa shape index (κ1) is 15.2. The smallest absolute Gasteiger partial charge is 0.123 e. The molecule has 2 aromatic carbocycles. The van der Waals surface area contributed by atoms with Crippen molar-refractivity contribution in [1.29, 1.82) is 0 Å². The summed E-state index contributed by atoms with van der Waals surface area (Å²) in [5.41, 5.74) is 4.34. The normalized spacial score (nSPS) is 16.3. The quantitative estimate of drug-likeness (QED) is 0.891. The van der Waals surface area contributed by atoms with Crippen LogP contribution in [0.25, 0.3) is 0 Å². The Labute approximate surface area is 129 Å². The van der Waals surface area contributed by atoms with Crippen molar-refractivity contribution in [3.63, 3.8) is 0 Å². The molecular weight excluding hydrogens is 281 g/mol. The van der Waals surface area contributed by atoms with E-state index >= 15 is 0 Å². The van der Waals surface area contributed by atoms with Gasteiger partial charge in [-0.1, -0.05) is 30.3 Å². The zero-order valence-corrected chi connectivity index (χ0v) is 12.6. The van der Waals surface area contributed by atoms with Gasteiger partial charge in [0.05, 0.1) is 25.9 Å². The molecule has 1 aliphatic heterocycles. The number of aliphatic hydroxyl groups is 1. The van der Waals surface area contributed by atoms with Gasteiger partial charge in [-0.2, -0.15) is 0 Å². The highest BCUT2D eigenvalue weighted by Crippen LogP contribution is 2.25. The lowest BCUT2D eigenvalue weighted by atomic mass is 10.00. The van der Waals surface area contributed by atoms with Crippen LogP contribution in [0.15, 0.2) is 42.5 Å². The van der Waals surface area contributed by atoms with Gasteiger partial charge in [0, 0.05) is 6.04 Å². The van der Waals surface area contributed by atoms with Gasteiger partial charge >= 0.3 is 0 Å². The molecule has 4 heteroatoms. The molecule has 2 atom stereocenters. The lowest BCUT2D eigenvalue weighted by molar-refractivity contribution is 0.134. The summed E-state index contributed by atoms with van der Waals surface area (Å²) >= 11 is 0. The summed E-state index contributed by atoms with van der Waals surface area (Å²) in [6.07, 6.45) is 0. The van der Waals surface area contributed by atoms with Crippen LogP contribution in [-0.2, 0) is 18.0 Å². The fraction of sp³-hybridized carbons (Fsp3) is 0.333. The molecule has 22 heavy (non-hydrogen) atoms. The summed E-state index contributed by atoms with van der Waals surface area (Å²) in [5, 5.41) is 13.0. The molecule has 0 aliphatic carbocycles. The van der Waals surface area contributed by atoms with Crippen molar-refractivity contribution < 1.29 is 14.2 Å². The third-order valence-corrected chi connectivity index (χ3v) is 4.13. The van der Waals surface area contributed by atoms with Crippen molar-refractivity contribution in [2.75, 3.05) is 6.61 Å². The second-order valence-electron chi connectivity index (χ2n) is 5.70. The minimum Gasteiger partial charge on any atom is -0.394 e. The first-order chi connectivity index (χ1) is 10.7. The van der Waals surface area contributed by atoms with Gasteiger partial charge in [-0.25, -0.2) is 4.39 Å². The predicted octanol–water partition coefficient (Wildman–Crippen LogP) is 3.24. The van der Waals surface area contributed by atoms with E-state index in [0.29, 0.717) is 13.2 Å². The first-order valence-electron chi connectivity index (χ1n) is 7.49. The molecule has 0 fully saturated rings. The summed E-state index contributed by atoms with van der Waals surface area (Å²) in [5.74, 6) is -0.292. The molecule has 0 radical (unpaired) electrons. The molecule has 2 aromatic rings. The Bertz CT molecular complexity index is 659. The van der Waals surface area contributed by atoms with E-state index in [0.717, 1.165) is 11.1 Å². The average molecular weight is 301 g/mol. The van der Waals surface area contributed by atoms with Crippen LogP contribution < -0.4 is 5.32 Å². The maximum Gasteiger partial charge on any atom is 0.123 e. The number of hydrogen-bond acceptors (Lipinski definition) is 3. The van der Waals surface area contributed by atoms with Crippen LogP contribution in [0.3, 0.4) is 0 Å². The molecule has 1 heterocycles. The third kappa shape index (κ3) is 3.19. The molecule has 0 spiro atoms. The number of nitrogens with one attached hydrogen (secondary N) is 1. The second kappa shape index (κ2) is 6.57. The van der Waals surface area contributed by atoms with Gasteiger partial charge in [0.1, 0.15) is 5.82 Å². The summed E-state index contributed by atoms with van der Waals surface area (Å²) < 4.78 is 18.8. The zero-order chi connectivity index (χ0) is 15.5. The lowest BCUT2D eigenvalue weighted by Gasteiger charge is -2.23. The van der Waals surface area contributed by atoms with Gasteiger partial charge in [-0.15, -0.1) is 0 Å². The SMILES string of the molecule is CC(NC(CO)c1cccc(F)c1)c1ccc2c(c1)COC2. The van der Waals surface area contributed by atoms with Gasteiger partial charge in [-0.3, -0.25) is 0 Å². The van der Waals surface area contributed by atoms with Crippen LogP contribution in [-0.4, -0.2) is 11.7 Å². The number of aliphatic hydroxyl groups excluding tert-OH is 1. The van der Waals surface area contributed by atoms with Crippen molar-refractivity contribution in [3.8, 4) is 0 Å². The minimum absolute atomic E-state index is 0.0475.